The van der Waals surface area contributed by atoms with Crippen LogP contribution in [0.1, 0.15) is 253 Å². The van der Waals surface area contributed by atoms with Crippen LogP contribution in [-0.4, -0.2) is 60.8 Å². The van der Waals surface area contributed by atoms with Gasteiger partial charge in [0.1, 0.15) is 17.3 Å². The molecule has 0 aromatic heterocycles. The molecular weight excluding hydrogens is 735 g/mol. The van der Waals surface area contributed by atoms with Crippen LogP contribution in [0.5, 0.6) is 0 Å². The molecule has 346 valence electrons. The van der Waals surface area contributed by atoms with Crippen molar-refractivity contribution in [1.29, 1.82) is 0 Å². The first kappa shape index (κ1) is 56.9. The van der Waals surface area contributed by atoms with Crippen LogP contribution in [0.4, 0.5) is 0 Å². The molecule has 7 heteroatoms. The number of carbonyl (C=O) groups excluding carboxylic acids is 3. The van der Waals surface area contributed by atoms with Gasteiger partial charge in [-0.25, -0.2) is 0 Å². The van der Waals surface area contributed by atoms with Crippen molar-refractivity contribution in [3.63, 3.8) is 0 Å². The second-order valence-electron chi connectivity index (χ2n) is 19.5. The van der Waals surface area contributed by atoms with E-state index in [1.807, 2.05) is 41.5 Å². The van der Waals surface area contributed by atoms with Crippen LogP contribution < -0.4 is 0 Å². The van der Waals surface area contributed by atoms with Crippen molar-refractivity contribution in [2.75, 3.05) is 20.6 Å². The third-order valence-corrected chi connectivity index (χ3v) is 10.5. The van der Waals surface area contributed by atoms with E-state index < -0.39 is 0 Å². The van der Waals surface area contributed by atoms with Crippen molar-refractivity contribution in [2.24, 2.45) is 0 Å². The minimum absolute atomic E-state index is 0.000419. The second-order valence-corrected chi connectivity index (χ2v) is 19.5. The van der Waals surface area contributed by atoms with Gasteiger partial charge in [0.2, 0.25) is 0 Å². The van der Waals surface area contributed by atoms with E-state index in [9.17, 15) is 14.4 Å². The minimum atomic E-state index is -0.380. The number of rotatable bonds is 40. The van der Waals surface area contributed by atoms with Gasteiger partial charge in [0.05, 0.1) is 0 Å². The maximum absolute atomic E-state index is 12.7. The Labute approximate surface area is 366 Å². The zero-order chi connectivity index (χ0) is 43.9. The first-order chi connectivity index (χ1) is 28.2. The van der Waals surface area contributed by atoms with E-state index in [-0.39, 0.29) is 35.2 Å². The van der Waals surface area contributed by atoms with Crippen LogP contribution in [0.3, 0.4) is 0 Å². The van der Waals surface area contributed by atoms with Gasteiger partial charge in [-0.2, -0.15) is 0 Å². The fourth-order valence-electron chi connectivity index (χ4n) is 7.27. The molecule has 0 aliphatic rings. The van der Waals surface area contributed by atoms with Gasteiger partial charge in [-0.15, -0.1) is 0 Å². The fourth-order valence-corrected chi connectivity index (χ4v) is 7.27. The van der Waals surface area contributed by atoms with Gasteiger partial charge < -0.3 is 19.1 Å². The van der Waals surface area contributed by atoms with E-state index in [4.69, 9.17) is 14.2 Å². The molecule has 0 saturated heterocycles. The Bertz CT molecular complexity index is 984. The fraction of sp³-hybridized carbons (Fsp3) is 0.865. The van der Waals surface area contributed by atoms with Gasteiger partial charge in [-0.05, 0) is 165 Å². The topological polar surface area (TPSA) is 82.1 Å². The van der Waals surface area contributed by atoms with Crippen LogP contribution >= 0.6 is 0 Å². The normalized spacial score (nSPS) is 12.4. The summed E-state index contributed by atoms with van der Waals surface area (Å²) >= 11 is 0. The average Bonchev–Trinajstić information content (AvgIpc) is 3.14. The SMILES string of the molecule is CN(C)CCCCC(=O)OC(CCCCCCCC/C=C\CCCCCCCC(=O)OC(C)(C)C)CCCCCCCC/C=C\CCCCCCCC(=O)OC(C)(C)C. The standard InChI is InChI=1S/C52H97NO6/c1-51(2,3)58-49(55)44-37-33-29-25-21-17-13-9-11-15-19-23-27-31-35-41-47(57-48(54)43-39-40-46-53(7)8)42-36-32-28-24-20-16-12-10-14-18-22-26-30-34-38-45-50(56)59-52(4,5)6/h9-10,13-14,47H,11-12,15-46H2,1-8H3/b13-9-,14-10-. The lowest BCUT2D eigenvalue weighted by Gasteiger charge is -2.19. The quantitative estimate of drug-likeness (QED) is 0.0263. The first-order valence-corrected chi connectivity index (χ1v) is 24.8. The number of allylic oxidation sites excluding steroid dienone is 4. The molecule has 0 saturated carbocycles. The maximum atomic E-state index is 12.7. The molecule has 0 rings (SSSR count). The van der Waals surface area contributed by atoms with E-state index in [1.165, 1.54) is 116 Å². The van der Waals surface area contributed by atoms with Gasteiger partial charge >= 0.3 is 17.9 Å². The Morgan fingerprint density at radius 3 is 1.03 bits per heavy atom. The van der Waals surface area contributed by atoms with Crippen molar-refractivity contribution < 1.29 is 28.6 Å². The Morgan fingerprint density at radius 2 is 0.695 bits per heavy atom. The van der Waals surface area contributed by atoms with Gasteiger partial charge in [0.15, 0.2) is 0 Å². The molecule has 0 amide bonds. The number of hydrogen-bond donors (Lipinski definition) is 0. The molecule has 0 aliphatic carbocycles. The van der Waals surface area contributed by atoms with Crippen LogP contribution in [0.25, 0.3) is 0 Å². The van der Waals surface area contributed by atoms with E-state index in [2.05, 4.69) is 43.3 Å². The van der Waals surface area contributed by atoms with E-state index >= 15 is 0 Å². The van der Waals surface area contributed by atoms with Crippen molar-refractivity contribution in [3.05, 3.63) is 24.3 Å². The summed E-state index contributed by atoms with van der Waals surface area (Å²) in [6.45, 7) is 12.6. The van der Waals surface area contributed by atoms with Gasteiger partial charge in [-0.3, -0.25) is 14.4 Å². The van der Waals surface area contributed by atoms with Gasteiger partial charge in [0, 0.05) is 19.3 Å². The molecule has 0 aromatic rings. The lowest BCUT2D eigenvalue weighted by molar-refractivity contribution is -0.156. The summed E-state index contributed by atoms with van der Waals surface area (Å²) in [6.07, 6.45) is 46.3. The van der Waals surface area contributed by atoms with Crippen molar-refractivity contribution >= 4 is 17.9 Å². The Balaban J connectivity index is 4.00. The summed E-state index contributed by atoms with van der Waals surface area (Å²) in [5, 5.41) is 0. The number of hydrogen-bond acceptors (Lipinski definition) is 7. The van der Waals surface area contributed by atoms with E-state index in [0.717, 1.165) is 83.6 Å². The van der Waals surface area contributed by atoms with E-state index in [0.29, 0.717) is 19.3 Å². The minimum Gasteiger partial charge on any atom is -0.462 e. The highest BCUT2D eigenvalue weighted by atomic mass is 16.6. The van der Waals surface area contributed by atoms with Crippen molar-refractivity contribution in [3.8, 4) is 0 Å². The maximum Gasteiger partial charge on any atom is 0.306 e. The molecule has 0 N–H and O–H groups in total. The Kier molecular flexibility index (Phi) is 37.3. The first-order valence-electron chi connectivity index (χ1n) is 24.8. The highest BCUT2D eigenvalue weighted by Gasteiger charge is 2.17. The van der Waals surface area contributed by atoms with Crippen LogP contribution in [-0.2, 0) is 28.6 Å². The Hall–Kier alpha value is -2.15. The molecule has 0 fully saturated rings. The highest BCUT2D eigenvalue weighted by Crippen LogP contribution is 2.19. The molecule has 0 unspecified atom stereocenters. The zero-order valence-electron chi connectivity index (χ0n) is 40.3. The lowest BCUT2D eigenvalue weighted by Crippen LogP contribution is -2.23. The molecule has 0 heterocycles. The average molecular weight is 832 g/mol. The third kappa shape index (κ3) is 46.8. The number of unbranched alkanes of at least 4 members (excludes halogenated alkanes) is 23. The number of esters is 3. The van der Waals surface area contributed by atoms with Crippen LogP contribution in [0.2, 0.25) is 0 Å². The smallest absolute Gasteiger partial charge is 0.306 e. The molecule has 0 spiro atoms. The zero-order valence-corrected chi connectivity index (χ0v) is 40.3. The molecule has 59 heavy (non-hydrogen) atoms. The van der Waals surface area contributed by atoms with Crippen molar-refractivity contribution in [2.45, 2.75) is 271 Å². The molecule has 7 nitrogen and oxygen atoms in total. The predicted molar refractivity (Wildman–Crippen MR) is 251 cm³/mol. The molecule has 0 bridgehead atoms. The van der Waals surface area contributed by atoms with Gasteiger partial charge in [-0.1, -0.05) is 114 Å². The third-order valence-electron chi connectivity index (χ3n) is 10.5. The summed E-state index contributed by atoms with van der Waals surface area (Å²) in [4.78, 5) is 38.4. The predicted octanol–water partition coefficient (Wildman–Crippen LogP) is 15.1. The largest absolute Gasteiger partial charge is 0.462 e. The summed E-state index contributed by atoms with van der Waals surface area (Å²) in [7, 11) is 4.16. The Morgan fingerprint density at radius 1 is 0.407 bits per heavy atom. The lowest BCUT2D eigenvalue weighted by atomic mass is 10.0. The molecule has 0 atom stereocenters. The molecular formula is C52H97NO6. The summed E-state index contributed by atoms with van der Waals surface area (Å²) in [6, 6.07) is 0. The number of carbonyl (C=O) groups is 3. The summed E-state index contributed by atoms with van der Waals surface area (Å²) < 4.78 is 16.8. The van der Waals surface area contributed by atoms with Gasteiger partial charge in [0.25, 0.3) is 0 Å². The van der Waals surface area contributed by atoms with Crippen molar-refractivity contribution in [1.82, 2.24) is 4.90 Å². The number of ether oxygens (including phenoxy) is 3. The summed E-state index contributed by atoms with van der Waals surface area (Å²) in [5.74, 6) is -0.142. The molecule has 0 radical (unpaired) electrons. The highest BCUT2D eigenvalue weighted by molar-refractivity contribution is 5.70. The second kappa shape index (κ2) is 38.7. The van der Waals surface area contributed by atoms with E-state index in [1.54, 1.807) is 0 Å². The number of nitrogens with zero attached hydrogens (tertiary/aromatic N) is 1. The van der Waals surface area contributed by atoms with Crippen LogP contribution in [0.15, 0.2) is 24.3 Å². The summed E-state index contributed by atoms with van der Waals surface area (Å²) in [5.41, 5.74) is -0.759. The molecule has 0 aliphatic heterocycles. The van der Waals surface area contributed by atoms with Crippen LogP contribution in [0, 0.1) is 0 Å². The monoisotopic (exact) mass is 832 g/mol. The molecule has 0 aromatic carbocycles.